The van der Waals surface area contributed by atoms with E-state index in [9.17, 15) is 14.3 Å². The Morgan fingerprint density at radius 2 is 2.04 bits per heavy atom. The van der Waals surface area contributed by atoms with Gasteiger partial charge in [0.2, 0.25) is 0 Å². The largest absolute Gasteiger partial charge is 0.489 e. The van der Waals surface area contributed by atoms with E-state index in [0.717, 1.165) is 0 Å². The Labute approximate surface area is 136 Å². The van der Waals surface area contributed by atoms with Gasteiger partial charge in [-0.25, -0.2) is 9.18 Å². The quantitative estimate of drug-likeness (QED) is 0.647. The van der Waals surface area contributed by atoms with Crippen molar-refractivity contribution >= 4 is 23.3 Å². The lowest BCUT2D eigenvalue weighted by atomic mass is 10.0. The van der Waals surface area contributed by atoms with Crippen molar-refractivity contribution in [1.82, 2.24) is 0 Å². The minimum Gasteiger partial charge on any atom is -0.489 e. The Morgan fingerprint density at radius 3 is 2.70 bits per heavy atom. The second kappa shape index (κ2) is 7.60. The maximum absolute atomic E-state index is 13.1. The van der Waals surface area contributed by atoms with E-state index in [1.807, 2.05) is 0 Å². The van der Waals surface area contributed by atoms with Gasteiger partial charge in [0.15, 0.2) is 5.71 Å². The molecular weight excluding hydrogens is 325 g/mol. The lowest BCUT2D eigenvalue weighted by Crippen LogP contribution is -2.17. The van der Waals surface area contributed by atoms with E-state index >= 15 is 0 Å². The molecule has 0 aliphatic rings. The van der Waals surface area contributed by atoms with Crippen LogP contribution in [-0.4, -0.2) is 23.9 Å². The van der Waals surface area contributed by atoms with Crippen LogP contribution in [0.25, 0.3) is 0 Å². The fourth-order valence-corrected chi connectivity index (χ4v) is 2.07. The van der Waals surface area contributed by atoms with Crippen molar-refractivity contribution in [2.45, 2.75) is 6.61 Å². The zero-order valence-corrected chi connectivity index (χ0v) is 12.9. The van der Waals surface area contributed by atoms with Gasteiger partial charge in [0.05, 0.1) is 5.02 Å². The molecule has 0 fully saturated rings. The summed E-state index contributed by atoms with van der Waals surface area (Å²) in [6, 6.07) is 10.7. The lowest BCUT2D eigenvalue weighted by Gasteiger charge is -2.11. The van der Waals surface area contributed by atoms with Crippen molar-refractivity contribution in [2.24, 2.45) is 5.16 Å². The number of hydrogen-bond donors (Lipinski definition) is 1. The molecule has 5 nitrogen and oxygen atoms in total. The van der Waals surface area contributed by atoms with Crippen LogP contribution in [0.2, 0.25) is 5.02 Å². The molecule has 2 aromatic rings. The summed E-state index contributed by atoms with van der Waals surface area (Å²) >= 11 is 5.69. The van der Waals surface area contributed by atoms with E-state index in [1.165, 1.54) is 25.3 Å². The maximum Gasteiger partial charge on any atom is 0.358 e. The van der Waals surface area contributed by atoms with Crippen molar-refractivity contribution in [1.29, 1.82) is 0 Å². The highest BCUT2D eigenvalue weighted by Crippen LogP contribution is 2.22. The van der Waals surface area contributed by atoms with Gasteiger partial charge in [0.1, 0.15) is 25.3 Å². The first-order valence-corrected chi connectivity index (χ1v) is 6.91. The van der Waals surface area contributed by atoms with Crippen LogP contribution in [0, 0.1) is 5.82 Å². The zero-order chi connectivity index (χ0) is 16.8. The van der Waals surface area contributed by atoms with Crippen LogP contribution in [0.15, 0.2) is 47.6 Å². The van der Waals surface area contributed by atoms with Gasteiger partial charge in [0.25, 0.3) is 0 Å². The molecule has 0 atom stereocenters. The second-order valence-electron chi connectivity index (χ2n) is 4.45. The summed E-state index contributed by atoms with van der Waals surface area (Å²) in [4.78, 5) is 15.9. The van der Waals surface area contributed by atoms with Crippen LogP contribution in [-0.2, 0) is 16.2 Å². The van der Waals surface area contributed by atoms with E-state index in [1.54, 1.807) is 24.3 Å². The molecule has 7 heteroatoms. The Balaban J connectivity index is 2.25. The fraction of sp³-hybridized carbons (Fsp3) is 0.125. The summed E-state index contributed by atoms with van der Waals surface area (Å²) in [6.07, 6.45) is 0. The number of oxime groups is 1. The van der Waals surface area contributed by atoms with Gasteiger partial charge in [-0.15, -0.1) is 0 Å². The molecule has 120 valence electrons. The summed E-state index contributed by atoms with van der Waals surface area (Å²) in [5.74, 6) is -1.39. The lowest BCUT2D eigenvalue weighted by molar-refractivity contribution is -0.129. The van der Waals surface area contributed by atoms with Crippen LogP contribution < -0.4 is 4.74 Å². The third-order valence-corrected chi connectivity index (χ3v) is 3.23. The number of halogens is 2. The second-order valence-corrected chi connectivity index (χ2v) is 4.86. The summed E-state index contributed by atoms with van der Waals surface area (Å²) < 4.78 is 18.7. The van der Waals surface area contributed by atoms with E-state index in [4.69, 9.17) is 16.3 Å². The minimum atomic E-state index is -1.22. The summed E-state index contributed by atoms with van der Waals surface area (Å²) in [5, 5.41) is 12.7. The predicted octanol–water partition coefficient (Wildman–Crippen LogP) is 3.49. The third kappa shape index (κ3) is 4.20. The maximum atomic E-state index is 13.1. The first kappa shape index (κ1) is 16.8. The van der Waals surface area contributed by atoms with Crippen molar-refractivity contribution in [2.75, 3.05) is 7.11 Å². The molecule has 23 heavy (non-hydrogen) atoms. The Hall–Kier alpha value is -2.60. The highest BCUT2D eigenvalue weighted by molar-refractivity contribution is 6.42. The SMILES string of the molecule is CON=C(C(=O)O)c1ccccc1COc1ccc(F)c(Cl)c1. The average Bonchev–Trinajstić information content (AvgIpc) is 2.54. The Kier molecular flexibility index (Phi) is 5.54. The molecule has 0 aliphatic heterocycles. The molecular formula is C16H13ClFNO4. The number of carboxylic acid groups (broad SMARTS) is 1. The molecule has 0 radical (unpaired) electrons. The zero-order valence-electron chi connectivity index (χ0n) is 12.1. The van der Waals surface area contributed by atoms with E-state index in [2.05, 4.69) is 9.99 Å². The summed E-state index contributed by atoms with van der Waals surface area (Å²) in [7, 11) is 1.27. The van der Waals surface area contributed by atoms with Crippen LogP contribution in [0.3, 0.4) is 0 Å². The number of nitrogens with zero attached hydrogens (tertiary/aromatic N) is 1. The number of carbonyl (C=O) groups is 1. The molecule has 0 aromatic heterocycles. The summed E-state index contributed by atoms with van der Waals surface area (Å²) in [5.41, 5.74) is 0.727. The highest BCUT2D eigenvalue weighted by atomic mass is 35.5. The molecule has 0 saturated carbocycles. The van der Waals surface area contributed by atoms with Gasteiger partial charge < -0.3 is 14.7 Å². The third-order valence-electron chi connectivity index (χ3n) is 2.94. The average molecular weight is 338 g/mol. The van der Waals surface area contributed by atoms with Crippen LogP contribution in [0.5, 0.6) is 5.75 Å². The van der Waals surface area contributed by atoms with Crippen LogP contribution in [0.1, 0.15) is 11.1 Å². The summed E-state index contributed by atoms with van der Waals surface area (Å²) in [6.45, 7) is 0.0636. The van der Waals surface area contributed by atoms with Crippen LogP contribution >= 0.6 is 11.6 Å². The first-order chi connectivity index (χ1) is 11.0. The highest BCUT2D eigenvalue weighted by Gasteiger charge is 2.17. The number of rotatable bonds is 6. The number of ether oxygens (including phenoxy) is 1. The van der Waals surface area contributed by atoms with Gasteiger partial charge in [-0.05, 0) is 17.7 Å². The Morgan fingerprint density at radius 1 is 1.30 bits per heavy atom. The van der Waals surface area contributed by atoms with Gasteiger partial charge in [0, 0.05) is 11.6 Å². The molecule has 2 rings (SSSR count). The molecule has 1 N–H and O–H groups in total. The molecule has 0 spiro atoms. The van der Waals surface area contributed by atoms with E-state index < -0.39 is 11.8 Å². The minimum absolute atomic E-state index is 0.0528. The smallest absolute Gasteiger partial charge is 0.358 e. The van der Waals surface area contributed by atoms with Crippen molar-refractivity contribution in [3.05, 3.63) is 64.4 Å². The van der Waals surface area contributed by atoms with Crippen molar-refractivity contribution in [3.8, 4) is 5.75 Å². The first-order valence-electron chi connectivity index (χ1n) is 6.53. The molecule has 0 amide bonds. The molecule has 0 saturated heterocycles. The van der Waals surface area contributed by atoms with Crippen molar-refractivity contribution < 1.29 is 23.9 Å². The van der Waals surface area contributed by atoms with Crippen LogP contribution in [0.4, 0.5) is 4.39 Å². The molecule has 0 aliphatic carbocycles. The number of hydrogen-bond acceptors (Lipinski definition) is 4. The number of carboxylic acids is 1. The number of benzene rings is 2. The molecule has 0 heterocycles. The molecule has 2 aromatic carbocycles. The Bertz CT molecular complexity index is 749. The van der Waals surface area contributed by atoms with Gasteiger partial charge in [-0.3, -0.25) is 0 Å². The van der Waals surface area contributed by atoms with E-state index in [-0.39, 0.29) is 17.3 Å². The van der Waals surface area contributed by atoms with E-state index in [0.29, 0.717) is 16.9 Å². The van der Waals surface area contributed by atoms with Gasteiger partial charge >= 0.3 is 5.97 Å². The number of aliphatic carboxylic acids is 1. The van der Waals surface area contributed by atoms with Gasteiger partial charge in [-0.1, -0.05) is 41.0 Å². The molecule has 0 unspecified atom stereocenters. The molecule has 0 bridgehead atoms. The monoisotopic (exact) mass is 337 g/mol. The topological polar surface area (TPSA) is 68.1 Å². The fourth-order valence-electron chi connectivity index (χ4n) is 1.90. The van der Waals surface area contributed by atoms with Crippen molar-refractivity contribution in [3.63, 3.8) is 0 Å². The predicted molar refractivity (Wildman–Crippen MR) is 83.4 cm³/mol. The standard InChI is InChI=1S/C16H13ClFNO4/c1-22-19-15(16(20)21)12-5-3-2-4-10(12)9-23-11-6-7-14(18)13(17)8-11/h2-8H,9H2,1H3,(H,20,21). The van der Waals surface area contributed by atoms with Gasteiger partial charge in [-0.2, -0.15) is 0 Å². The normalized spacial score (nSPS) is 11.2.